The number of furan rings is 1. The monoisotopic (exact) mass is 433 g/mol. The van der Waals surface area contributed by atoms with Crippen LogP contribution in [-0.2, 0) is 11.3 Å². The predicted molar refractivity (Wildman–Crippen MR) is 121 cm³/mol. The van der Waals surface area contributed by atoms with E-state index < -0.39 is 0 Å². The first-order valence-electron chi connectivity index (χ1n) is 9.99. The van der Waals surface area contributed by atoms with Gasteiger partial charge in [0.05, 0.1) is 18.6 Å². The predicted octanol–water partition coefficient (Wildman–Crippen LogP) is 4.52. The van der Waals surface area contributed by atoms with Gasteiger partial charge in [-0.25, -0.2) is 0 Å². The van der Waals surface area contributed by atoms with E-state index in [1.165, 1.54) is 11.8 Å². The first-order chi connectivity index (χ1) is 15.1. The molecule has 0 aliphatic rings. The van der Waals surface area contributed by atoms with E-state index in [-0.39, 0.29) is 17.7 Å². The molecule has 0 spiro atoms. The molecule has 31 heavy (non-hydrogen) atoms. The number of aromatic nitrogens is 4. The molecule has 0 fully saturated rings. The highest BCUT2D eigenvalue weighted by molar-refractivity contribution is 7.99. The SMILES string of the molecule is CC(C)N(C(=O)CSc1nnc(-c2cccnc2)n1Cc1ccco1)c1ccccc1. The number of anilines is 1. The summed E-state index contributed by atoms with van der Waals surface area (Å²) in [4.78, 5) is 19.1. The molecule has 1 aromatic carbocycles. The zero-order chi connectivity index (χ0) is 21.6. The summed E-state index contributed by atoms with van der Waals surface area (Å²) in [6, 6.07) is 17.3. The van der Waals surface area contributed by atoms with Crippen molar-refractivity contribution in [1.29, 1.82) is 0 Å². The van der Waals surface area contributed by atoms with Gasteiger partial charge in [-0.2, -0.15) is 0 Å². The number of para-hydroxylation sites is 1. The third-order valence-electron chi connectivity index (χ3n) is 4.67. The summed E-state index contributed by atoms with van der Waals surface area (Å²) in [6.45, 7) is 4.48. The number of carbonyl (C=O) groups excluding carboxylic acids is 1. The molecule has 0 bridgehead atoms. The largest absolute Gasteiger partial charge is 0.467 e. The van der Waals surface area contributed by atoms with Gasteiger partial charge in [0.2, 0.25) is 5.91 Å². The Morgan fingerprint density at radius 2 is 1.94 bits per heavy atom. The van der Waals surface area contributed by atoms with E-state index in [1.54, 1.807) is 18.7 Å². The van der Waals surface area contributed by atoms with Gasteiger partial charge in [0.15, 0.2) is 11.0 Å². The Labute approximate surface area is 185 Å². The second-order valence-corrected chi connectivity index (χ2v) is 8.14. The fourth-order valence-corrected chi connectivity index (χ4v) is 4.12. The van der Waals surface area contributed by atoms with Crippen LogP contribution in [0.4, 0.5) is 5.69 Å². The summed E-state index contributed by atoms with van der Waals surface area (Å²) < 4.78 is 7.48. The fraction of sp³-hybridized carbons (Fsp3) is 0.217. The van der Waals surface area contributed by atoms with Gasteiger partial charge >= 0.3 is 0 Å². The molecule has 0 aliphatic heterocycles. The number of hydrogen-bond acceptors (Lipinski definition) is 6. The van der Waals surface area contributed by atoms with Gasteiger partial charge in [-0.1, -0.05) is 30.0 Å². The van der Waals surface area contributed by atoms with Crippen LogP contribution in [-0.4, -0.2) is 37.5 Å². The molecule has 0 unspecified atom stereocenters. The number of thioether (sulfide) groups is 1. The lowest BCUT2D eigenvalue weighted by atomic mass is 10.2. The molecule has 0 saturated carbocycles. The Morgan fingerprint density at radius 3 is 2.61 bits per heavy atom. The van der Waals surface area contributed by atoms with Crippen LogP contribution >= 0.6 is 11.8 Å². The van der Waals surface area contributed by atoms with Crippen molar-refractivity contribution < 1.29 is 9.21 Å². The van der Waals surface area contributed by atoms with Crippen LogP contribution < -0.4 is 4.90 Å². The maximum atomic E-state index is 13.1. The summed E-state index contributed by atoms with van der Waals surface area (Å²) in [5.41, 5.74) is 1.74. The lowest BCUT2D eigenvalue weighted by molar-refractivity contribution is -0.116. The fourth-order valence-electron chi connectivity index (χ4n) is 3.32. The Kier molecular flexibility index (Phi) is 6.47. The van der Waals surface area contributed by atoms with E-state index in [0.29, 0.717) is 17.5 Å². The van der Waals surface area contributed by atoms with Crippen LogP contribution in [0.25, 0.3) is 11.4 Å². The number of amides is 1. The molecule has 7 nitrogen and oxygen atoms in total. The minimum atomic E-state index is 0.0154. The number of carbonyl (C=O) groups is 1. The van der Waals surface area contributed by atoms with E-state index in [0.717, 1.165) is 17.0 Å². The standard InChI is InChI=1S/C23H23N5O2S/c1-17(2)28(19-9-4-3-5-10-19)21(29)16-31-23-26-25-22(18-8-6-12-24-14-18)27(23)15-20-11-7-13-30-20/h3-14,17H,15-16H2,1-2H3. The molecule has 3 heterocycles. The summed E-state index contributed by atoms with van der Waals surface area (Å²) in [5.74, 6) is 1.73. The van der Waals surface area contributed by atoms with E-state index >= 15 is 0 Å². The summed E-state index contributed by atoms with van der Waals surface area (Å²) >= 11 is 1.37. The normalized spacial score (nSPS) is 11.1. The molecule has 3 aromatic heterocycles. The Bertz CT molecular complexity index is 1110. The number of rotatable bonds is 8. The third-order valence-corrected chi connectivity index (χ3v) is 5.63. The molecule has 4 aromatic rings. The molecule has 0 N–H and O–H groups in total. The topological polar surface area (TPSA) is 77.1 Å². The minimum absolute atomic E-state index is 0.0154. The van der Waals surface area contributed by atoms with Crippen molar-refractivity contribution in [3.05, 3.63) is 79.0 Å². The molecular weight excluding hydrogens is 410 g/mol. The van der Waals surface area contributed by atoms with Crippen molar-refractivity contribution in [3.63, 3.8) is 0 Å². The highest BCUT2D eigenvalue weighted by atomic mass is 32.2. The van der Waals surface area contributed by atoms with Crippen LogP contribution in [0.5, 0.6) is 0 Å². The number of pyridine rings is 1. The van der Waals surface area contributed by atoms with E-state index in [2.05, 4.69) is 15.2 Å². The van der Waals surface area contributed by atoms with Gasteiger partial charge in [0.25, 0.3) is 0 Å². The van der Waals surface area contributed by atoms with Crippen molar-refractivity contribution >= 4 is 23.4 Å². The van der Waals surface area contributed by atoms with E-state index in [9.17, 15) is 4.79 Å². The number of hydrogen-bond donors (Lipinski definition) is 0. The molecular formula is C23H23N5O2S. The molecule has 158 valence electrons. The molecule has 0 radical (unpaired) electrons. The number of nitrogens with zero attached hydrogens (tertiary/aromatic N) is 5. The van der Waals surface area contributed by atoms with Crippen molar-refractivity contribution in [2.24, 2.45) is 0 Å². The zero-order valence-corrected chi connectivity index (χ0v) is 18.2. The van der Waals surface area contributed by atoms with E-state index in [4.69, 9.17) is 4.42 Å². The van der Waals surface area contributed by atoms with Gasteiger partial charge in [0.1, 0.15) is 5.76 Å². The van der Waals surface area contributed by atoms with Crippen molar-refractivity contribution in [2.45, 2.75) is 31.6 Å². The number of benzene rings is 1. The van der Waals surface area contributed by atoms with Crippen LogP contribution in [0.15, 0.2) is 82.8 Å². The Hall–Kier alpha value is -3.39. The van der Waals surface area contributed by atoms with Crippen LogP contribution in [0.2, 0.25) is 0 Å². The quantitative estimate of drug-likeness (QED) is 0.380. The second kappa shape index (κ2) is 9.61. The van der Waals surface area contributed by atoms with E-state index in [1.807, 2.05) is 77.9 Å². The highest BCUT2D eigenvalue weighted by Gasteiger charge is 2.22. The summed E-state index contributed by atoms with van der Waals surface area (Å²) in [5, 5.41) is 9.38. The van der Waals surface area contributed by atoms with Crippen LogP contribution in [0.3, 0.4) is 0 Å². The Morgan fingerprint density at radius 1 is 1.10 bits per heavy atom. The van der Waals surface area contributed by atoms with Gasteiger partial charge in [-0.3, -0.25) is 14.3 Å². The highest BCUT2D eigenvalue weighted by Crippen LogP contribution is 2.26. The first-order valence-corrected chi connectivity index (χ1v) is 11.0. The van der Waals surface area contributed by atoms with Crippen LogP contribution in [0.1, 0.15) is 19.6 Å². The molecule has 0 atom stereocenters. The molecule has 4 rings (SSSR count). The molecule has 0 saturated heterocycles. The Balaban J connectivity index is 1.58. The van der Waals surface area contributed by atoms with Crippen molar-refractivity contribution in [2.75, 3.05) is 10.7 Å². The summed E-state index contributed by atoms with van der Waals surface area (Å²) in [7, 11) is 0. The second-order valence-electron chi connectivity index (χ2n) is 7.20. The minimum Gasteiger partial charge on any atom is -0.467 e. The molecule has 0 aliphatic carbocycles. The molecule has 8 heteroatoms. The van der Waals surface area contributed by atoms with Gasteiger partial charge in [0, 0.05) is 29.7 Å². The maximum absolute atomic E-state index is 13.1. The lowest BCUT2D eigenvalue weighted by Gasteiger charge is -2.26. The average Bonchev–Trinajstić information content (AvgIpc) is 3.44. The molecule has 1 amide bonds. The van der Waals surface area contributed by atoms with Gasteiger partial charge < -0.3 is 9.32 Å². The van der Waals surface area contributed by atoms with Gasteiger partial charge in [-0.05, 0) is 50.2 Å². The summed E-state index contributed by atoms with van der Waals surface area (Å²) in [6.07, 6.45) is 5.10. The smallest absolute Gasteiger partial charge is 0.237 e. The third kappa shape index (κ3) is 4.86. The van der Waals surface area contributed by atoms with Crippen molar-refractivity contribution in [3.8, 4) is 11.4 Å². The first kappa shape index (κ1) is 20.9. The lowest BCUT2D eigenvalue weighted by Crippen LogP contribution is -2.38. The maximum Gasteiger partial charge on any atom is 0.237 e. The van der Waals surface area contributed by atoms with Crippen molar-refractivity contribution in [1.82, 2.24) is 19.7 Å². The van der Waals surface area contributed by atoms with Crippen LogP contribution in [0, 0.1) is 0 Å². The zero-order valence-electron chi connectivity index (χ0n) is 17.4. The van der Waals surface area contributed by atoms with Gasteiger partial charge in [-0.15, -0.1) is 10.2 Å². The average molecular weight is 434 g/mol.